The van der Waals surface area contributed by atoms with E-state index < -0.39 is 10.0 Å². The molecule has 0 heterocycles. The molecule has 1 aromatic carbocycles. The molecular formula is C16H21NO2S. The fourth-order valence-corrected chi connectivity index (χ4v) is 2.85. The fourth-order valence-electron chi connectivity index (χ4n) is 1.61. The summed E-state index contributed by atoms with van der Waals surface area (Å²) in [5, 5.41) is 0. The molecule has 0 amide bonds. The maximum atomic E-state index is 12.2. The van der Waals surface area contributed by atoms with Crippen molar-refractivity contribution in [2.75, 3.05) is 6.54 Å². The van der Waals surface area contributed by atoms with Gasteiger partial charge in [-0.15, -0.1) is 6.42 Å². The summed E-state index contributed by atoms with van der Waals surface area (Å²) in [4.78, 5) is 0.290. The van der Waals surface area contributed by atoms with Crippen molar-refractivity contribution in [2.24, 2.45) is 5.41 Å². The Labute approximate surface area is 122 Å². The fraction of sp³-hybridized carbons (Fsp3) is 0.375. The van der Waals surface area contributed by atoms with Crippen LogP contribution in [0, 0.1) is 24.7 Å². The zero-order valence-electron chi connectivity index (χ0n) is 12.2. The van der Waals surface area contributed by atoms with Gasteiger partial charge < -0.3 is 0 Å². The van der Waals surface area contributed by atoms with E-state index in [0.717, 1.165) is 5.56 Å². The molecule has 4 heteroatoms. The van der Waals surface area contributed by atoms with Gasteiger partial charge in [0.1, 0.15) is 0 Å². The molecule has 0 fully saturated rings. The zero-order valence-corrected chi connectivity index (χ0v) is 13.0. The molecule has 1 aromatic rings. The molecule has 108 valence electrons. The van der Waals surface area contributed by atoms with Gasteiger partial charge in [-0.25, -0.2) is 13.1 Å². The van der Waals surface area contributed by atoms with Crippen LogP contribution in [0.25, 0.3) is 0 Å². The normalized spacial score (nSPS) is 12.5. The van der Waals surface area contributed by atoms with E-state index in [1.807, 2.05) is 26.8 Å². The van der Waals surface area contributed by atoms with E-state index >= 15 is 0 Å². The van der Waals surface area contributed by atoms with Gasteiger partial charge in [-0.1, -0.05) is 43.5 Å². The lowest BCUT2D eigenvalue weighted by atomic mass is 9.89. The number of aryl methyl sites for hydroxylation is 1. The van der Waals surface area contributed by atoms with E-state index in [1.165, 1.54) is 0 Å². The molecule has 0 saturated heterocycles. The van der Waals surface area contributed by atoms with Crippen molar-refractivity contribution in [2.45, 2.75) is 32.1 Å². The molecule has 0 radical (unpaired) electrons. The van der Waals surface area contributed by atoms with Gasteiger partial charge in [-0.2, -0.15) is 0 Å². The maximum Gasteiger partial charge on any atom is 0.240 e. The third-order valence-corrected chi connectivity index (χ3v) is 4.37. The van der Waals surface area contributed by atoms with Crippen molar-refractivity contribution in [3.8, 4) is 12.3 Å². The van der Waals surface area contributed by atoms with Crippen LogP contribution in [0.1, 0.15) is 25.8 Å². The molecule has 0 saturated carbocycles. The predicted octanol–water partition coefficient (Wildman–Crippen LogP) is 2.88. The largest absolute Gasteiger partial charge is 0.240 e. The maximum absolute atomic E-state index is 12.2. The summed E-state index contributed by atoms with van der Waals surface area (Å²) < 4.78 is 27.0. The van der Waals surface area contributed by atoms with Gasteiger partial charge in [0.2, 0.25) is 10.0 Å². The Morgan fingerprint density at radius 2 is 1.90 bits per heavy atom. The van der Waals surface area contributed by atoms with Gasteiger partial charge in [-0.05, 0) is 37.0 Å². The average molecular weight is 291 g/mol. The molecule has 0 unspecified atom stereocenters. The number of hydrogen-bond acceptors (Lipinski definition) is 2. The third kappa shape index (κ3) is 5.20. The molecule has 0 aliphatic carbocycles. The Bertz CT molecular complexity index is 605. The number of allylic oxidation sites excluding steroid dienone is 2. The second kappa shape index (κ2) is 6.74. The van der Waals surface area contributed by atoms with E-state index in [-0.39, 0.29) is 10.3 Å². The number of sulfonamides is 1. The van der Waals surface area contributed by atoms with Crippen molar-refractivity contribution in [1.29, 1.82) is 0 Å². The zero-order chi connectivity index (χ0) is 15.2. The summed E-state index contributed by atoms with van der Waals surface area (Å²) in [7, 11) is -3.46. The summed E-state index contributed by atoms with van der Waals surface area (Å²) in [6.07, 6.45) is 9.37. The van der Waals surface area contributed by atoms with Gasteiger partial charge in [0.05, 0.1) is 4.90 Å². The summed E-state index contributed by atoms with van der Waals surface area (Å²) in [5.74, 6) is 2.42. The second-order valence-corrected chi connectivity index (χ2v) is 7.34. The van der Waals surface area contributed by atoms with Gasteiger partial charge in [0.25, 0.3) is 0 Å². The standard InChI is InChI=1S/C16H21NO2S/c1-5-6-7-12-16(3,4)13-17-20(18,19)15-10-8-14(2)9-11-15/h1,6-11,17H,12-13H2,2-4H3/b7-6+. The smallest absolute Gasteiger partial charge is 0.211 e. The van der Waals surface area contributed by atoms with Crippen molar-refractivity contribution < 1.29 is 8.42 Å². The Morgan fingerprint density at radius 1 is 1.30 bits per heavy atom. The van der Waals surface area contributed by atoms with E-state index in [9.17, 15) is 8.42 Å². The lowest BCUT2D eigenvalue weighted by Crippen LogP contribution is -2.33. The molecule has 3 nitrogen and oxygen atoms in total. The number of nitrogens with one attached hydrogen (secondary N) is 1. The monoisotopic (exact) mass is 291 g/mol. The van der Waals surface area contributed by atoms with E-state index in [4.69, 9.17) is 6.42 Å². The number of rotatable bonds is 6. The van der Waals surface area contributed by atoms with Gasteiger partial charge in [0, 0.05) is 6.54 Å². The lowest BCUT2D eigenvalue weighted by molar-refractivity contribution is 0.368. The first-order valence-corrected chi connectivity index (χ1v) is 7.93. The minimum Gasteiger partial charge on any atom is -0.211 e. The molecule has 1 N–H and O–H groups in total. The Morgan fingerprint density at radius 3 is 2.45 bits per heavy atom. The van der Waals surface area contributed by atoms with Crippen LogP contribution in [0.2, 0.25) is 0 Å². The summed E-state index contributed by atoms with van der Waals surface area (Å²) >= 11 is 0. The van der Waals surface area contributed by atoms with Crippen molar-refractivity contribution in [3.63, 3.8) is 0 Å². The molecule has 0 aromatic heterocycles. The average Bonchev–Trinajstić information content (AvgIpc) is 2.37. The first-order valence-electron chi connectivity index (χ1n) is 6.44. The highest BCUT2D eigenvalue weighted by Crippen LogP contribution is 2.21. The molecule has 0 aliphatic rings. The molecule has 20 heavy (non-hydrogen) atoms. The topological polar surface area (TPSA) is 46.2 Å². The summed E-state index contributed by atoms with van der Waals surface area (Å²) in [5.41, 5.74) is 0.842. The van der Waals surface area contributed by atoms with E-state index in [2.05, 4.69) is 10.6 Å². The SMILES string of the molecule is C#C/C=C/CC(C)(C)CNS(=O)(=O)c1ccc(C)cc1. The Hall–Kier alpha value is -1.57. The van der Waals surface area contributed by atoms with Crippen LogP contribution in [-0.2, 0) is 10.0 Å². The van der Waals surface area contributed by atoms with Crippen molar-refractivity contribution >= 4 is 10.0 Å². The molecule has 0 aliphatic heterocycles. The minimum atomic E-state index is -3.46. The first kappa shape index (κ1) is 16.5. The molecule has 1 rings (SSSR count). The quantitative estimate of drug-likeness (QED) is 0.819. The number of benzene rings is 1. The lowest BCUT2D eigenvalue weighted by Gasteiger charge is -2.23. The summed E-state index contributed by atoms with van der Waals surface area (Å²) in [6.45, 7) is 6.26. The number of hydrogen-bond donors (Lipinski definition) is 1. The highest BCUT2D eigenvalue weighted by Gasteiger charge is 2.21. The van der Waals surface area contributed by atoms with Gasteiger partial charge in [-0.3, -0.25) is 0 Å². The van der Waals surface area contributed by atoms with Gasteiger partial charge in [0.15, 0.2) is 0 Å². The van der Waals surface area contributed by atoms with Crippen LogP contribution >= 0.6 is 0 Å². The van der Waals surface area contributed by atoms with E-state index in [1.54, 1.807) is 30.3 Å². The first-order chi connectivity index (χ1) is 9.27. The molecule has 0 spiro atoms. The number of terminal acetylenes is 1. The van der Waals surface area contributed by atoms with Crippen molar-refractivity contribution in [3.05, 3.63) is 42.0 Å². The van der Waals surface area contributed by atoms with Crippen LogP contribution in [0.5, 0.6) is 0 Å². The van der Waals surface area contributed by atoms with E-state index in [0.29, 0.717) is 13.0 Å². The molecule has 0 bridgehead atoms. The van der Waals surface area contributed by atoms with Gasteiger partial charge >= 0.3 is 0 Å². The van der Waals surface area contributed by atoms with Crippen LogP contribution in [0.15, 0.2) is 41.3 Å². The minimum absolute atomic E-state index is 0.189. The molecular weight excluding hydrogens is 270 g/mol. The van der Waals surface area contributed by atoms with Crippen LogP contribution in [0.3, 0.4) is 0 Å². The molecule has 0 atom stereocenters. The van der Waals surface area contributed by atoms with Crippen LogP contribution in [-0.4, -0.2) is 15.0 Å². The Kier molecular flexibility index (Phi) is 5.55. The van der Waals surface area contributed by atoms with Crippen LogP contribution < -0.4 is 4.72 Å². The predicted molar refractivity (Wildman–Crippen MR) is 82.7 cm³/mol. The summed E-state index contributed by atoms with van der Waals surface area (Å²) in [6, 6.07) is 6.80. The highest BCUT2D eigenvalue weighted by atomic mass is 32.2. The third-order valence-electron chi connectivity index (χ3n) is 2.96. The van der Waals surface area contributed by atoms with Crippen molar-refractivity contribution in [1.82, 2.24) is 4.72 Å². The Balaban J connectivity index is 2.70. The van der Waals surface area contributed by atoms with Crippen LogP contribution in [0.4, 0.5) is 0 Å². The second-order valence-electron chi connectivity index (χ2n) is 5.57. The highest BCUT2D eigenvalue weighted by molar-refractivity contribution is 7.89.